The number of hydrogen-bond donors (Lipinski definition) is 0. The number of hydrogen-bond acceptors (Lipinski definition) is 3. The molecule has 0 atom stereocenters. The zero-order valence-corrected chi connectivity index (χ0v) is 11.6. The van der Waals surface area contributed by atoms with Gasteiger partial charge >= 0.3 is 5.97 Å². The maximum absolute atomic E-state index is 12.7. The van der Waals surface area contributed by atoms with Crippen LogP contribution in [0.3, 0.4) is 0 Å². The Kier molecular flexibility index (Phi) is 4.52. The molecular formula is C16H15F2NO2. The summed E-state index contributed by atoms with van der Waals surface area (Å²) in [5.41, 5.74) is 1.89. The summed E-state index contributed by atoms with van der Waals surface area (Å²) < 4.78 is 30.3. The first kappa shape index (κ1) is 15.0. The Morgan fingerprint density at radius 3 is 2.57 bits per heavy atom. The second kappa shape index (κ2) is 6.35. The van der Waals surface area contributed by atoms with Gasteiger partial charge in [-0.15, -0.1) is 0 Å². The summed E-state index contributed by atoms with van der Waals surface area (Å²) >= 11 is 0. The molecule has 0 aliphatic carbocycles. The van der Waals surface area contributed by atoms with E-state index in [4.69, 9.17) is 4.74 Å². The van der Waals surface area contributed by atoms with Gasteiger partial charge in [0.1, 0.15) is 5.75 Å². The lowest BCUT2D eigenvalue weighted by molar-refractivity contribution is -0.131. The van der Waals surface area contributed by atoms with Crippen LogP contribution in [0.5, 0.6) is 5.75 Å². The van der Waals surface area contributed by atoms with Gasteiger partial charge in [-0.3, -0.25) is 4.79 Å². The number of carbonyl (C=O) groups excluding carboxylic acids is 1. The van der Waals surface area contributed by atoms with E-state index >= 15 is 0 Å². The molecule has 2 rings (SSSR count). The zero-order chi connectivity index (χ0) is 15.4. The van der Waals surface area contributed by atoms with Crippen LogP contribution < -0.4 is 4.74 Å². The summed E-state index contributed by atoms with van der Waals surface area (Å²) in [6.07, 6.45) is 2.73. The molecule has 0 unspecified atom stereocenters. The Morgan fingerprint density at radius 2 is 2.00 bits per heavy atom. The topological polar surface area (TPSA) is 29.5 Å². The number of halogens is 2. The minimum absolute atomic E-state index is 0.407. The van der Waals surface area contributed by atoms with Crippen LogP contribution in [0.25, 0.3) is 5.70 Å². The van der Waals surface area contributed by atoms with Crippen molar-refractivity contribution in [2.75, 3.05) is 6.54 Å². The van der Waals surface area contributed by atoms with Gasteiger partial charge < -0.3 is 9.64 Å². The van der Waals surface area contributed by atoms with Crippen molar-refractivity contribution in [1.29, 1.82) is 0 Å². The number of esters is 1. The molecule has 0 amide bonds. The molecule has 1 aromatic carbocycles. The maximum atomic E-state index is 12.7. The van der Waals surface area contributed by atoms with Crippen LogP contribution in [0.2, 0.25) is 0 Å². The van der Waals surface area contributed by atoms with Crippen molar-refractivity contribution in [3.05, 3.63) is 60.3 Å². The first-order chi connectivity index (χ1) is 9.97. The van der Waals surface area contributed by atoms with Crippen LogP contribution in [0.4, 0.5) is 8.78 Å². The molecule has 1 heterocycles. The molecule has 1 aliphatic heterocycles. The first-order valence-electron chi connectivity index (χ1n) is 6.39. The van der Waals surface area contributed by atoms with Crippen molar-refractivity contribution in [3.8, 4) is 5.75 Å². The third kappa shape index (κ3) is 3.78. The molecule has 0 radical (unpaired) electrons. The molecule has 0 fully saturated rings. The van der Waals surface area contributed by atoms with Crippen molar-refractivity contribution in [2.24, 2.45) is 0 Å². The Morgan fingerprint density at radius 1 is 1.33 bits per heavy atom. The van der Waals surface area contributed by atoms with Crippen molar-refractivity contribution in [2.45, 2.75) is 13.3 Å². The van der Waals surface area contributed by atoms with Gasteiger partial charge in [-0.25, -0.2) is 8.78 Å². The van der Waals surface area contributed by atoms with Gasteiger partial charge in [-0.1, -0.05) is 12.7 Å². The fourth-order valence-corrected chi connectivity index (χ4v) is 2.05. The van der Waals surface area contributed by atoms with E-state index in [0.717, 1.165) is 5.56 Å². The summed E-state index contributed by atoms with van der Waals surface area (Å²) in [4.78, 5) is 12.3. The van der Waals surface area contributed by atoms with Gasteiger partial charge in [0.25, 0.3) is 6.43 Å². The number of benzene rings is 1. The van der Waals surface area contributed by atoms with E-state index in [1.807, 2.05) is 0 Å². The maximum Gasteiger partial charge on any atom is 0.308 e. The molecule has 0 bridgehead atoms. The zero-order valence-electron chi connectivity index (χ0n) is 11.6. The minimum atomic E-state index is -2.46. The average molecular weight is 291 g/mol. The van der Waals surface area contributed by atoms with Crippen LogP contribution in [-0.4, -0.2) is 23.8 Å². The lowest BCUT2D eigenvalue weighted by Gasteiger charge is -2.29. The van der Waals surface area contributed by atoms with Gasteiger partial charge in [0.05, 0.1) is 6.54 Å². The fourth-order valence-electron chi connectivity index (χ4n) is 2.05. The normalized spacial score (nSPS) is 14.4. The van der Waals surface area contributed by atoms with Crippen molar-refractivity contribution in [3.63, 3.8) is 0 Å². The van der Waals surface area contributed by atoms with E-state index in [2.05, 4.69) is 6.58 Å². The number of carbonyl (C=O) groups is 1. The third-order valence-electron chi connectivity index (χ3n) is 2.91. The number of nitrogens with zero attached hydrogens (tertiary/aromatic N) is 1. The van der Waals surface area contributed by atoms with Crippen LogP contribution in [-0.2, 0) is 4.79 Å². The number of allylic oxidation sites excluding steroid dienone is 3. The Hall–Kier alpha value is -2.43. The van der Waals surface area contributed by atoms with E-state index in [9.17, 15) is 13.6 Å². The Bertz CT molecular complexity index is 603. The second-order valence-corrected chi connectivity index (χ2v) is 4.52. The predicted octanol–water partition coefficient (Wildman–Crippen LogP) is 3.60. The molecule has 3 nitrogen and oxygen atoms in total. The number of alkyl halides is 2. The summed E-state index contributed by atoms with van der Waals surface area (Å²) in [5, 5.41) is 0. The van der Waals surface area contributed by atoms with Crippen LogP contribution in [0.1, 0.15) is 12.5 Å². The second-order valence-electron chi connectivity index (χ2n) is 4.52. The first-order valence-corrected chi connectivity index (χ1v) is 6.39. The van der Waals surface area contributed by atoms with Crippen LogP contribution in [0.15, 0.2) is 54.8 Å². The number of ether oxygens (including phenoxy) is 1. The summed E-state index contributed by atoms with van der Waals surface area (Å²) in [6.45, 7) is 4.68. The van der Waals surface area contributed by atoms with Crippen LogP contribution >= 0.6 is 0 Å². The predicted molar refractivity (Wildman–Crippen MR) is 76.7 cm³/mol. The molecule has 21 heavy (non-hydrogen) atoms. The van der Waals surface area contributed by atoms with Crippen molar-refractivity contribution in [1.82, 2.24) is 4.90 Å². The molecule has 110 valence electrons. The lowest BCUT2D eigenvalue weighted by atomic mass is 10.1. The molecule has 1 aliphatic rings. The van der Waals surface area contributed by atoms with E-state index < -0.39 is 18.9 Å². The molecule has 1 aromatic rings. The minimum Gasteiger partial charge on any atom is -0.427 e. The van der Waals surface area contributed by atoms with E-state index in [-0.39, 0.29) is 0 Å². The smallest absolute Gasteiger partial charge is 0.308 e. The van der Waals surface area contributed by atoms with Crippen molar-refractivity contribution < 1.29 is 18.3 Å². The average Bonchev–Trinajstić information content (AvgIpc) is 2.41. The SMILES string of the molecule is C=C1C=CC=C(c2ccc(OC(C)=O)cc2)N1CC(F)F. The molecule has 0 spiro atoms. The highest BCUT2D eigenvalue weighted by Crippen LogP contribution is 2.28. The Labute approximate surface area is 121 Å². The number of rotatable bonds is 4. The van der Waals surface area contributed by atoms with E-state index in [1.165, 1.54) is 11.8 Å². The van der Waals surface area contributed by atoms with E-state index in [1.54, 1.807) is 42.5 Å². The van der Waals surface area contributed by atoms with Gasteiger partial charge in [-0.05, 0) is 42.0 Å². The monoisotopic (exact) mass is 291 g/mol. The largest absolute Gasteiger partial charge is 0.427 e. The highest BCUT2D eigenvalue weighted by Gasteiger charge is 2.19. The van der Waals surface area contributed by atoms with Gasteiger partial charge in [0, 0.05) is 18.3 Å². The lowest BCUT2D eigenvalue weighted by Crippen LogP contribution is -2.27. The standard InChI is InChI=1S/C16H15F2NO2/c1-11-4-3-5-15(19(11)10-16(17)18)13-6-8-14(9-7-13)21-12(2)20/h3-9,16H,1,10H2,2H3. The summed E-state index contributed by atoms with van der Waals surface area (Å²) in [5.74, 6) is 0.00714. The molecule has 0 aromatic heterocycles. The molecular weight excluding hydrogens is 276 g/mol. The fraction of sp³-hybridized carbons (Fsp3) is 0.188. The van der Waals surface area contributed by atoms with Gasteiger partial charge in [0.15, 0.2) is 0 Å². The molecule has 0 saturated carbocycles. The van der Waals surface area contributed by atoms with Gasteiger partial charge in [-0.2, -0.15) is 0 Å². The van der Waals surface area contributed by atoms with Crippen LogP contribution in [0, 0.1) is 0 Å². The molecule has 0 N–H and O–H groups in total. The molecule has 5 heteroatoms. The van der Waals surface area contributed by atoms with Gasteiger partial charge in [0.2, 0.25) is 0 Å². The third-order valence-corrected chi connectivity index (χ3v) is 2.91. The van der Waals surface area contributed by atoms with E-state index in [0.29, 0.717) is 17.1 Å². The molecule has 0 saturated heterocycles. The van der Waals surface area contributed by atoms with Crippen molar-refractivity contribution >= 4 is 11.7 Å². The Balaban J connectivity index is 2.25. The highest BCUT2D eigenvalue weighted by molar-refractivity contribution is 5.72. The quantitative estimate of drug-likeness (QED) is 0.627. The highest BCUT2D eigenvalue weighted by atomic mass is 19.3. The summed E-state index contributed by atoms with van der Waals surface area (Å²) in [7, 11) is 0. The summed E-state index contributed by atoms with van der Waals surface area (Å²) in [6, 6.07) is 6.68.